The van der Waals surface area contributed by atoms with Gasteiger partial charge in [0.1, 0.15) is 11.6 Å². The van der Waals surface area contributed by atoms with Crippen molar-refractivity contribution in [2.75, 3.05) is 26.2 Å². The number of amides is 1. The van der Waals surface area contributed by atoms with Crippen molar-refractivity contribution >= 4 is 5.91 Å². The summed E-state index contributed by atoms with van der Waals surface area (Å²) in [6.07, 6.45) is 2.02. The third kappa shape index (κ3) is 3.62. The van der Waals surface area contributed by atoms with Crippen LogP contribution in [0.4, 0.5) is 8.78 Å². The zero-order valence-corrected chi connectivity index (χ0v) is 13.0. The van der Waals surface area contributed by atoms with E-state index in [1.807, 2.05) is 6.07 Å². The SMILES string of the molecule is CC(C)(/C=C(/C#N)C(=O)N1CC[C@H](N)C1)N1CCC(F)(F)C1. The molecule has 2 aliphatic heterocycles. The lowest BCUT2D eigenvalue weighted by Crippen LogP contribution is -2.43. The lowest BCUT2D eigenvalue weighted by Gasteiger charge is -2.33. The molecule has 2 aliphatic rings. The summed E-state index contributed by atoms with van der Waals surface area (Å²) in [5, 5.41) is 9.27. The van der Waals surface area contributed by atoms with E-state index in [2.05, 4.69) is 0 Å². The number of nitriles is 1. The van der Waals surface area contributed by atoms with Crippen molar-refractivity contribution in [2.45, 2.75) is 44.2 Å². The monoisotopic (exact) mass is 312 g/mol. The quantitative estimate of drug-likeness (QED) is 0.626. The second-order valence-corrected chi connectivity index (χ2v) is 6.65. The van der Waals surface area contributed by atoms with E-state index in [9.17, 15) is 18.8 Å². The van der Waals surface area contributed by atoms with Crippen LogP contribution in [0.3, 0.4) is 0 Å². The van der Waals surface area contributed by atoms with Crippen LogP contribution in [0.2, 0.25) is 0 Å². The molecule has 0 unspecified atom stereocenters. The number of likely N-dealkylation sites (tertiary alicyclic amines) is 2. The van der Waals surface area contributed by atoms with Gasteiger partial charge in [-0.15, -0.1) is 0 Å². The molecule has 2 heterocycles. The second-order valence-electron chi connectivity index (χ2n) is 6.65. The zero-order chi connectivity index (χ0) is 16.5. The Morgan fingerprint density at radius 1 is 1.45 bits per heavy atom. The summed E-state index contributed by atoms with van der Waals surface area (Å²) in [4.78, 5) is 15.5. The van der Waals surface area contributed by atoms with Crippen LogP contribution in [-0.4, -0.2) is 59.4 Å². The highest BCUT2D eigenvalue weighted by molar-refractivity contribution is 5.97. The molecule has 22 heavy (non-hydrogen) atoms. The summed E-state index contributed by atoms with van der Waals surface area (Å²) < 4.78 is 26.8. The third-order valence-electron chi connectivity index (χ3n) is 4.35. The molecule has 5 nitrogen and oxygen atoms in total. The minimum atomic E-state index is -2.70. The second kappa shape index (κ2) is 5.94. The highest BCUT2D eigenvalue weighted by atomic mass is 19.3. The van der Waals surface area contributed by atoms with E-state index in [4.69, 9.17) is 5.73 Å². The first-order valence-electron chi connectivity index (χ1n) is 7.45. The summed E-state index contributed by atoms with van der Waals surface area (Å²) >= 11 is 0. The van der Waals surface area contributed by atoms with Crippen molar-refractivity contribution < 1.29 is 13.6 Å². The molecule has 0 saturated carbocycles. The molecule has 1 amide bonds. The van der Waals surface area contributed by atoms with Crippen molar-refractivity contribution in [3.63, 3.8) is 0 Å². The van der Waals surface area contributed by atoms with Crippen LogP contribution < -0.4 is 5.73 Å². The van der Waals surface area contributed by atoms with E-state index in [1.165, 1.54) is 6.08 Å². The first-order valence-corrected chi connectivity index (χ1v) is 7.45. The standard InChI is InChI=1S/C15H22F2N4O/c1-14(2,21-6-4-15(16,17)10-21)7-11(8-18)13(22)20-5-3-12(19)9-20/h7,12H,3-6,9-10,19H2,1-2H3/b11-7-/t12-/m0/s1. The molecule has 1 atom stereocenters. The Morgan fingerprint density at radius 3 is 2.59 bits per heavy atom. The zero-order valence-electron chi connectivity index (χ0n) is 13.0. The number of nitrogens with zero attached hydrogens (tertiary/aromatic N) is 3. The highest BCUT2D eigenvalue weighted by Crippen LogP contribution is 2.33. The van der Waals surface area contributed by atoms with Crippen molar-refractivity contribution in [3.05, 3.63) is 11.6 Å². The smallest absolute Gasteiger partial charge is 0.264 e. The molecule has 0 aromatic heterocycles. The third-order valence-corrected chi connectivity index (χ3v) is 4.35. The van der Waals surface area contributed by atoms with Gasteiger partial charge in [-0.3, -0.25) is 9.69 Å². The van der Waals surface area contributed by atoms with E-state index in [0.717, 1.165) is 0 Å². The van der Waals surface area contributed by atoms with Gasteiger partial charge >= 0.3 is 0 Å². The Morgan fingerprint density at radius 2 is 2.14 bits per heavy atom. The minimum absolute atomic E-state index is 0.00526. The lowest BCUT2D eigenvalue weighted by molar-refractivity contribution is -0.125. The molecule has 0 spiro atoms. The molecular formula is C15H22F2N4O. The molecule has 2 rings (SSSR count). The maximum Gasteiger partial charge on any atom is 0.264 e. The number of alkyl halides is 2. The molecule has 0 aromatic carbocycles. The van der Waals surface area contributed by atoms with Gasteiger partial charge < -0.3 is 10.6 Å². The van der Waals surface area contributed by atoms with E-state index in [1.54, 1.807) is 23.6 Å². The molecule has 0 aromatic rings. The fourth-order valence-corrected chi connectivity index (χ4v) is 2.96. The van der Waals surface area contributed by atoms with E-state index < -0.39 is 11.5 Å². The van der Waals surface area contributed by atoms with E-state index >= 15 is 0 Å². The maximum atomic E-state index is 13.4. The maximum absolute atomic E-state index is 13.4. The summed E-state index contributed by atoms with van der Waals surface area (Å²) in [5.74, 6) is -3.07. The van der Waals surface area contributed by atoms with Crippen molar-refractivity contribution in [1.29, 1.82) is 5.26 Å². The highest BCUT2D eigenvalue weighted by Gasteiger charge is 2.43. The van der Waals surface area contributed by atoms with E-state index in [0.29, 0.717) is 19.5 Å². The Labute approximate surface area is 129 Å². The van der Waals surface area contributed by atoms with Gasteiger partial charge in [-0.25, -0.2) is 8.78 Å². The van der Waals surface area contributed by atoms with Crippen molar-refractivity contribution in [3.8, 4) is 6.07 Å². The molecule has 0 aliphatic carbocycles. The van der Waals surface area contributed by atoms with Crippen LogP contribution in [0.15, 0.2) is 11.6 Å². The fraction of sp³-hybridized carbons (Fsp3) is 0.733. The van der Waals surface area contributed by atoms with Crippen LogP contribution in [0.25, 0.3) is 0 Å². The summed E-state index contributed by atoms with van der Waals surface area (Å²) in [6.45, 7) is 4.35. The number of hydrogen-bond acceptors (Lipinski definition) is 4. The number of carbonyl (C=O) groups is 1. The molecule has 0 radical (unpaired) electrons. The predicted octanol–water partition coefficient (Wildman–Crippen LogP) is 1.12. The molecule has 122 valence electrons. The normalized spacial score (nSPS) is 26.3. The Hall–Kier alpha value is -1.52. The topological polar surface area (TPSA) is 73.4 Å². The number of nitrogens with two attached hydrogens (primary N) is 1. The van der Waals surface area contributed by atoms with Gasteiger partial charge in [-0.05, 0) is 26.3 Å². The molecule has 7 heteroatoms. The van der Waals surface area contributed by atoms with Gasteiger partial charge in [0, 0.05) is 37.6 Å². The largest absolute Gasteiger partial charge is 0.336 e. The molecule has 2 N–H and O–H groups in total. The van der Waals surface area contributed by atoms with Gasteiger partial charge in [0.25, 0.3) is 11.8 Å². The summed E-state index contributed by atoms with van der Waals surface area (Å²) in [6, 6.07) is 1.85. The number of rotatable bonds is 3. The van der Waals surface area contributed by atoms with Crippen LogP contribution in [0.1, 0.15) is 26.7 Å². The van der Waals surface area contributed by atoms with Crippen molar-refractivity contribution in [2.24, 2.45) is 5.73 Å². The molecule has 0 bridgehead atoms. The number of halogens is 2. The first-order chi connectivity index (χ1) is 10.1. The van der Waals surface area contributed by atoms with Crippen LogP contribution in [0.5, 0.6) is 0 Å². The average Bonchev–Trinajstić information content (AvgIpc) is 3.01. The molecular weight excluding hydrogens is 290 g/mol. The Balaban J connectivity index is 2.14. The number of hydrogen-bond donors (Lipinski definition) is 1. The average molecular weight is 312 g/mol. The fourth-order valence-electron chi connectivity index (χ4n) is 2.96. The lowest BCUT2D eigenvalue weighted by atomic mass is 9.99. The predicted molar refractivity (Wildman–Crippen MR) is 78.1 cm³/mol. The Kier molecular flexibility index (Phi) is 4.54. The van der Waals surface area contributed by atoms with Crippen molar-refractivity contribution in [1.82, 2.24) is 9.80 Å². The summed E-state index contributed by atoms with van der Waals surface area (Å²) in [7, 11) is 0. The number of carbonyl (C=O) groups excluding carboxylic acids is 1. The molecule has 2 saturated heterocycles. The van der Waals surface area contributed by atoms with Gasteiger partial charge in [0.15, 0.2) is 0 Å². The first kappa shape index (κ1) is 16.8. The van der Waals surface area contributed by atoms with Gasteiger partial charge in [0.2, 0.25) is 0 Å². The molecule has 2 fully saturated rings. The van der Waals surface area contributed by atoms with Crippen LogP contribution in [0, 0.1) is 11.3 Å². The van der Waals surface area contributed by atoms with Gasteiger partial charge in [-0.1, -0.05) is 0 Å². The Bertz CT molecular complexity index is 524. The summed E-state index contributed by atoms with van der Waals surface area (Å²) in [5.41, 5.74) is 4.99. The van der Waals surface area contributed by atoms with E-state index in [-0.39, 0.29) is 37.0 Å². The van der Waals surface area contributed by atoms with Gasteiger partial charge in [-0.2, -0.15) is 5.26 Å². The van der Waals surface area contributed by atoms with Crippen LogP contribution >= 0.6 is 0 Å². The van der Waals surface area contributed by atoms with Gasteiger partial charge in [0.05, 0.1) is 6.54 Å². The minimum Gasteiger partial charge on any atom is -0.336 e. The van der Waals surface area contributed by atoms with Crippen LogP contribution in [-0.2, 0) is 4.79 Å².